The molecule has 0 aliphatic heterocycles. The van der Waals surface area contributed by atoms with Crippen LogP contribution in [-0.4, -0.2) is 24.1 Å². The number of fused-ring (bicyclic) bond motifs is 10. The molecular formula is C50H31N5S. The highest BCUT2D eigenvalue weighted by Gasteiger charge is 2.21. The maximum absolute atomic E-state index is 4.80. The van der Waals surface area contributed by atoms with E-state index in [9.17, 15) is 0 Å². The van der Waals surface area contributed by atoms with Gasteiger partial charge < -0.3 is 9.13 Å². The van der Waals surface area contributed by atoms with Gasteiger partial charge in [-0.2, -0.15) is 0 Å². The van der Waals surface area contributed by atoms with Crippen LogP contribution in [0, 0.1) is 0 Å². The third kappa shape index (κ3) is 4.54. The summed E-state index contributed by atoms with van der Waals surface area (Å²) in [7, 11) is 0. The van der Waals surface area contributed by atoms with E-state index < -0.39 is 0 Å². The Morgan fingerprint density at radius 1 is 0.393 bits per heavy atom. The summed E-state index contributed by atoms with van der Waals surface area (Å²) in [6.07, 6.45) is 0. The van der Waals surface area contributed by atoms with Crippen molar-refractivity contribution in [2.75, 3.05) is 0 Å². The normalized spacial score (nSPS) is 11.9. The topological polar surface area (TPSA) is 40.6 Å². The summed E-state index contributed by atoms with van der Waals surface area (Å²) >= 11 is 1.89. The Kier molecular flexibility index (Phi) is 6.73. The van der Waals surface area contributed by atoms with Gasteiger partial charge in [0.15, 0.2) is 0 Å². The van der Waals surface area contributed by atoms with Crippen molar-refractivity contribution >= 4 is 75.1 Å². The number of aromatic nitrogens is 5. The third-order valence-electron chi connectivity index (χ3n) is 11.2. The summed E-state index contributed by atoms with van der Waals surface area (Å²) in [4.78, 5) is 0. The van der Waals surface area contributed by atoms with E-state index in [1.807, 2.05) is 40.3 Å². The molecule has 4 aromatic heterocycles. The fourth-order valence-corrected chi connectivity index (χ4v) is 10.0. The van der Waals surface area contributed by atoms with E-state index >= 15 is 0 Å². The van der Waals surface area contributed by atoms with Crippen LogP contribution in [0.3, 0.4) is 0 Å². The van der Waals surface area contributed by atoms with Gasteiger partial charge in [0, 0.05) is 64.2 Å². The second kappa shape index (κ2) is 12.1. The molecule has 0 N–H and O–H groups in total. The molecule has 0 saturated heterocycles. The second-order valence-corrected chi connectivity index (χ2v) is 15.3. The standard InChI is InChI=1S/C50H31N5S/c1-3-14-32(15-4-1)48-49(33-16-5-2-6-17-33)55(52-51-48)36-26-27-38-37-20-7-10-23-42(37)54(45(38)31-36)35-19-13-18-34(30-35)53-43-24-11-8-22-41(43)47-44(53)29-28-40-39-21-9-12-25-46(39)56-50(40)47/h1-31H. The van der Waals surface area contributed by atoms with Gasteiger partial charge in [-0.15, -0.1) is 16.4 Å². The molecule has 0 unspecified atom stereocenters. The molecule has 0 bridgehead atoms. The lowest BCUT2D eigenvalue weighted by molar-refractivity contribution is 0.809. The average Bonchev–Trinajstić information content (AvgIpc) is 4.03. The molecule has 0 radical (unpaired) electrons. The van der Waals surface area contributed by atoms with Gasteiger partial charge in [0.1, 0.15) is 11.4 Å². The van der Waals surface area contributed by atoms with Gasteiger partial charge >= 0.3 is 0 Å². The summed E-state index contributed by atoms with van der Waals surface area (Å²) in [6, 6.07) is 67.3. The summed E-state index contributed by atoms with van der Waals surface area (Å²) in [5, 5.41) is 17.2. The van der Waals surface area contributed by atoms with Crippen molar-refractivity contribution in [3.8, 4) is 39.6 Å². The van der Waals surface area contributed by atoms with Crippen molar-refractivity contribution in [1.82, 2.24) is 24.1 Å². The minimum absolute atomic E-state index is 0.851. The van der Waals surface area contributed by atoms with Crippen LogP contribution in [0.1, 0.15) is 0 Å². The number of hydrogen-bond donors (Lipinski definition) is 0. The zero-order valence-corrected chi connectivity index (χ0v) is 30.9. The molecule has 0 spiro atoms. The van der Waals surface area contributed by atoms with Crippen LogP contribution in [0.5, 0.6) is 0 Å². The summed E-state index contributed by atoms with van der Waals surface area (Å²) in [6.45, 7) is 0. The van der Waals surface area contributed by atoms with Crippen LogP contribution in [0.15, 0.2) is 188 Å². The van der Waals surface area contributed by atoms with E-state index in [1.54, 1.807) is 0 Å². The van der Waals surface area contributed by atoms with Gasteiger partial charge in [0.2, 0.25) is 0 Å². The van der Waals surface area contributed by atoms with Crippen LogP contribution in [-0.2, 0) is 0 Å². The van der Waals surface area contributed by atoms with Crippen molar-refractivity contribution in [2.24, 2.45) is 0 Å². The highest BCUT2D eigenvalue weighted by molar-refractivity contribution is 7.26. The predicted octanol–water partition coefficient (Wildman–Crippen LogP) is 13.2. The van der Waals surface area contributed by atoms with Crippen LogP contribution in [0.25, 0.3) is 103 Å². The van der Waals surface area contributed by atoms with E-state index in [1.165, 1.54) is 52.8 Å². The van der Waals surface area contributed by atoms with Gasteiger partial charge in [-0.3, -0.25) is 0 Å². The van der Waals surface area contributed by atoms with E-state index in [0.29, 0.717) is 0 Å². The summed E-state index contributed by atoms with van der Waals surface area (Å²) < 4.78 is 9.47. The number of benzene rings is 8. The molecule has 5 nitrogen and oxygen atoms in total. The number of hydrogen-bond acceptors (Lipinski definition) is 3. The molecule has 6 heteroatoms. The van der Waals surface area contributed by atoms with Crippen molar-refractivity contribution in [1.29, 1.82) is 0 Å². The molecule has 12 aromatic rings. The SMILES string of the molecule is c1ccc(-c2nnn(-c3ccc4c5ccccc5n(-c5cccc(-n6c7ccccc7c7c8sc9ccccc9c8ccc76)c5)c4c3)c2-c2ccccc2)cc1. The molecule has 0 fully saturated rings. The lowest BCUT2D eigenvalue weighted by Crippen LogP contribution is -2.01. The largest absolute Gasteiger partial charge is 0.309 e. The Labute approximate surface area is 325 Å². The van der Waals surface area contributed by atoms with Crippen LogP contribution in [0.2, 0.25) is 0 Å². The lowest BCUT2D eigenvalue weighted by Gasteiger charge is -2.13. The first-order valence-corrected chi connectivity index (χ1v) is 19.7. The molecule has 4 heterocycles. The lowest BCUT2D eigenvalue weighted by atomic mass is 10.0. The second-order valence-electron chi connectivity index (χ2n) is 14.3. The van der Waals surface area contributed by atoms with Crippen LogP contribution < -0.4 is 0 Å². The van der Waals surface area contributed by atoms with Crippen molar-refractivity contribution in [2.45, 2.75) is 0 Å². The first kappa shape index (κ1) is 31.1. The monoisotopic (exact) mass is 733 g/mol. The van der Waals surface area contributed by atoms with E-state index in [2.05, 4.69) is 173 Å². The molecule has 0 saturated carbocycles. The Bertz CT molecular complexity index is 3480. The average molecular weight is 734 g/mol. The fraction of sp³-hybridized carbons (Fsp3) is 0. The molecule has 8 aromatic carbocycles. The first-order chi connectivity index (χ1) is 27.8. The molecule has 12 rings (SSSR count). The Morgan fingerprint density at radius 2 is 1.00 bits per heavy atom. The zero-order chi connectivity index (χ0) is 36.7. The Morgan fingerprint density at radius 3 is 1.79 bits per heavy atom. The van der Waals surface area contributed by atoms with Gasteiger partial charge in [-0.1, -0.05) is 139 Å². The number of para-hydroxylation sites is 2. The van der Waals surface area contributed by atoms with E-state index in [0.717, 1.165) is 50.6 Å². The smallest absolute Gasteiger partial charge is 0.121 e. The van der Waals surface area contributed by atoms with Gasteiger partial charge in [0.05, 0.1) is 27.8 Å². The molecule has 262 valence electrons. The Balaban J connectivity index is 1.08. The quantitative estimate of drug-likeness (QED) is 0.177. The fourth-order valence-electron chi connectivity index (χ4n) is 8.76. The van der Waals surface area contributed by atoms with E-state index in [4.69, 9.17) is 10.3 Å². The van der Waals surface area contributed by atoms with Crippen LogP contribution >= 0.6 is 11.3 Å². The predicted molar refractivity (Wildman–Crippen MR) is 234 cm³/mol. The molecule has 0 atom stereocenters. The van der Waals surface area contributed by atoms with Crippen LogP contribution in [0.4, 0.5) is 0 Å². The van der Waals surface area contributed by atoms with Gasteiger partial charge in [0.25, 0.3) is 0 Å². The van der Waals surface area contributed by atoms with Crippen molar-refractivity contribution < 1.29 is 0 Å². The minimum Gasteiger partial charge on any atom is -0.309 e. The molecular weight excluding hydrogens is 703 g/mol. The highest BCUT2D eigenvalue weighted by Crippen LogP contribution is 2.44. The van der Waals surface area contributed by atoms with E-state index in [-0.39, 0.29) is 0 Å². The van der Waals surface area contributed by atoms with Gasteiger partial charge in [-0.05, 0) is 54.6 Å². The maximum atomic E-state index is 4.80. The molecule has 56 heavy (non-hydrogen) atoms. The minimum atomic E-state index is 0.851. The van der Waals surface area contributed by atoms with Crippen molar-refractivity contribution in [3.05, 3.63) is 188 Å². The number of thiophene rings is 1. The summed E-state index contributed by atoms with van der Waals surface area (Å²) in [5.74, 6) is 0. The Hall–Kier alpha value is -7.28. The third-order valence-corrected chi connectivity index (χ3v) is 12.4. The number of rotatable bonds is 5. The molecule has 0 aliphatic carbocycles. The zero-order valence-electron chi connectivity index (χ0n) is 30.0. The summed E-state index contributed by atoms with van der Waals surface area (Å²) in [5.41, 5.74) is 11.7. The number of nitrogens with zero attached hydrogens (tertiary/aromatic N) is 5. The molecule has 0 amide bonds. The van der Waals surface area contributed by atoms with Gasteiger partial charge in [-0.25, -0.2) is 4.68 Å². The first-order valence-electron chi connectivity index (χ1n) is 18.8. The highest BCUT2D eigenvalue weighted by atomic mass is 32.1. The molecule has 0 aliphatic rings. The van der Waals surface area contributed by atoms with Crippen molar-refractivity contribution in [3.63, 3.8) is 0 Å². The maximum Gasteiger partial charge on any atom is 0.121 e.